The fourth-order valence-electron chi connectivity index (χ4n) is 3.71. The van der Waals surface area contributed by atoms with Gasteiger partial charge < -0.3 is 10.1 Å². The summed E-state index contributed by atoms with van der Waals surface area (Å²) >= 11 is 1.71. The highest BCUT2D eigenvalue weighted by Gasteiger charge is 2.23. The Labute approximate surface area is 166 Å². The van der Waals surface area contributed by atoms with Crippen LogP contribution in [0.25, 0.3) is 0 Å². The minimum absolute atomic E-state index is 0.0556. The lowest BCUT2D eigenvalue weighted by Crippen LogP contribution is -2.41. The molecule has 1 fully saturated rings. The van der Waals surface area contributed by atoms with E-state index in [0.717, 1.165) is 30.0 Å². The lowest BCUT2D eigenvalue weighted by atomic mass is 10.0. The monoisotopic (exact) mass is 386 g/mol. The maximum absolute atomic E-state index is 12.4. The van der Waals surface area contributed by atoms with Crippen molar-refractivity contribution < 1.29 is 9.53 Å². The van der Waals surface area contributed by atoms with Gasteiger partial charge in [-0.05, 0) is 91.8 Å². The van der Waals surface area contributed by atoms with Gasteiger partial charge in [-0.15, -0.1) is 0 Å². The highest BCUT2D eigenvalue weighted by Crippen LogP contribution is 2.26. The van der Waals surface area contributed by atoms with Gasteiger partial charge in [0.1, 0.15) is 5.75 Å². The lowest BCUT2D eigenvalue weighted by Gasteiger charge is -2.34. The van der Waals surface area contributed by atoms with Crippen molar-refractivity contribution in [3.63, 3.8) is 0 Å². The fraction of sp³-hybridized carbons (Fsp3) is 0.500. The molecule has 1 aromatic heterocycles. The van der Waals surface area contributed by atoms with Crippen LogP contribution in [0.1, 0.15) is 47.6 Å². The van der Waals surface area contributed by atoms with Crippen LogP contribution in [0, 0.1) is 20.8 Å². The van der Waals surface area contributed by atoms with Gasteiger partial charge in [-0.2, -0.15) is 11.3 Å². The number of thiophene rings is 1. The van der Waals surface area contributed by atoms with E-state index in [1.165, 1.54) is 30.4 Å². The van der Waals surface area contributed by atoms with Crippen LogP contribution in [0.5, 0.6) is 5.75 Å². The van der Waals surface area contributed by atoms with Crippen molar-refractivity contribution in [2.75, 3.05) is 26.2 Å². The normalized spacial score (nSPS) is 16.1. The molecular weight excluding hydrogens is 356 g/mol. The van der Waals surface area contributed by atoms with Crippen molar-refractivity contribution in [1.82, 2.24) is 10.2 Å². The minimum Gasteiger partial charge on any atom is -0.483 e. The Morgan fingerprint density at radius 3 is 2.70 bits per heavy atom. The largest absolute Gasteiger partial charge is 0.483 e. The summed E-state index contributed by atoms with van der Waals surface area (Å²) in [5, 5.41) is 7.39. The molecule has 1 amide bonds. The topological polar surface area (TPSA) is 41.6 Å². The summed E-state index contributed by atoms with van der Waals surface area (Å²) in [7, 11) is 0. The van der Waals surface area contributed by atoms with Crippen molar-refractivity contribution in [3.05, 3.63) is 51.2 Å². The Hall–Kier alpha value is -1.85. The van der Waals surface area contributed by atoms with E-state index in [4.69, 9.17) is 4.74 Å². The van der Waals surface area contributed by atoms with Crippen LogP contribution in [0.2, 0.25) is 0 Å². The Kier molecular flexibility index (Phi) is 6.91. The van der Waals surface area contributed by atoms with Crippen LogP contribution in [-0.4, -0.2) is 37.0 Å². The van der Waals surface area contributed by atoms with E-state index in [0.29, 0.717) is 6.54 Å². The second-order valence-corrected chi connectivity index (χ2v) is 8.25. The number of carbonyl (C=O) groups excluding carboxylic acids is 1. The first-order valence-electron chi connectivity index (χ1n) is 9.78. The zero-order valence-electron chi connectivity index (χ0n) is 16.6. The molecule has 27 heavy (non-hydrogen) atoms. The quantitative estimate of drug-likeness (QED) is 0.767. The van der Waals surface area contributed by atoms with Gasteiger partial charge in [-0.1, -0.05) is 12.5 Å². The lowest BCUT2D eigenvalue weighted by molar-refractivity contribution is -0.123. The number of benzene rings is 1. The van der Waals surface area contributed by atoms with Gasteiger partial charge in [0.2, 0.25) is 0 Å². The minimum atomic E-state index is -0.0641. The second kappa shape index (κ2) is 9.38. The molecule has 2 aromatic rings. The summed E-state index contributed by atoms with van der Waals surface area (Å²) in [5.41, 5.74) is 4.73. The molecule has 1 aromatic carbocycles. The summed E-state index contributed by atoms with van der Waals surface area (Å²) < 4.78 is 5.81. The number of hydrogen-bond acceptors (Lipinski definition) is 4. The van der Waals surface area contributed by atoms with Crippen LogP contribution >= 0.6 is 11.3 Å². The van der Waals surface area contributed by atoms with Crippen molar-refractivity contribution in [2.24, 2.45) is 0 Å². The van der Waals surface area contributed by atoms with E-state index in [1.54, 1.807) is 11.3 Å². The predicted octanol–water partition coefficient (Wildman–Crippen LogP) is 4.40. The maximum atomic E-state index is 12.4. The van der Waals surface area contributed by atoms with E-state index in [2.05, 4.69) is 40.0 Å². The zero-order chi connectivity index (χ0) is 19.2. The summed E-state index contributed by atoms with van der Waals surface area (Å²) in [5.74, 6) is 0.735. The molecule has 1 aliphatic rings. The van der Waals surface area contributed by atoms with Gasteiger partial charge in [0.05, 0.1) is 6.04 Å². The molecule has 0 spiro atoms. The molecule has 1 aliphatic heterocycles. The van der Waals surface area contributed by atoms with E-state index >= 15 is 0 Å². The number of nitrogens with zero attached hydrogens (tertiary/aromatic N) is 1. The number of amides is 1. The Morgan fingerprint density at radius 1 is 1.22 bits per heavy atom. The molecule has 1 N–H and O–H groups in total. The number of piperidine rings is 1. The number of likely N-dealkylation sites (tertiary alicyclic amines) is 1. The van der Waals surface area contributed by atoms with Crippen LogP contribution in [-0.2, 0) is 4.79 Å². The Balaban J connectivity index is 1.56. The molecule has 1 saturated heterocycles. The number of aryl methyl sites for hydroxylation is 2. The molecule has 4 nitrogen and oxygen atoms in total. The molecule has 1 unspecified atom stereocenters. The first-order valence-corrected chi connectivity index (χ1v) is 10.7. The third-order valence-corrected chi connectivity index (χ3v) is 6.08. The standard InChI is InChI=1S/C22H30N2O2S/c1-16-11-17(2)18(3)21(12-16)26-14-22(25)23-13-20(19-7-10-27-15-19)24-8-5-4-6-9-24/h7,10-12,15,20H,4-6,8-9,13-14H2,1-3H3,(H,23,25). The highest BCUT2D eigenvalue weighted by atomic mass is 32.1. The number of hydrogen-bond donors (Lipinski definition) is 1. The number of nitrogens with one attached hydrogen (secondary N) is 1. The van der Waals surface area contributed by atoms with Gasteiger partial charge >= 0.3 is 0 Å². The molecule has 0 radical (unpaired) electrons. The second-order valence-electron chi connectivity index (χ2n) is 7.47. The van der Waals surface area contributed by atoms with E-state index in [9.17, 15) is 4.79 Å². The number of rotatable bonds is 7. The van der Waals surface area contributed by atoms with Gasteiger partial charge in [-0.3, -0.25) is 9.69 Å². The zero-order valence-corrected chi connectivity index (χ0v) is 17.4. The van der Waals surface area contributed by atoms with Gasteiger partial charge in [0.25, 0.3) is 5.91 Å². The van der Waals surface area contributed by atoms with E-state index in [1.807, 2.05) is 19.9 Å². The molecule has 1 atom stereocenters. The van der Waals surface area contributed by atoms with Crippen LogP contribution < -0.4 is 10.1 Å². The molecule has 3 rings (SSSR count). The smallest absolute Gasteiger partial charge is 0.258 e. The molecule has 2 heterocycles. The van der Waals surface area contributed by atoms with Crippen molar-refractivity contribution in [3.8, 4) is 5.75 Å². The van der Waals surface area contributed by atoms with E-state index in [-0.39, 0.29) is 18.6 Å². The SMILES string of the molecule is Cc1cc(C)c(C)c(OCC(=O)NCC(c2ccsc2)N2CCCCC2)c1. The van der Waals surface area contributed by atoms with Crippen molar-refractivity contribution >= 4 is 17.2 Å². The average molecular weight is 387 g/mol. The maximum Gasteiger partial charge on any atom is 0.258 e. The molecular formula is C22H30N2O2S. The summed E-state index contributed by atoms with van der Waals surface area (Å²) in [6, 6.07) is 6.55. The molecule has 0 saturated carbocycles. The summed E-state index contributed by atoms with van der Waals surface area (Å²) in [6.45, 7) is 9.04. The van der Waals surface area contributed by atoms with E-state index < -0.39 is 0 Å². The molecule has 5 heteroatoms. The predicted molar refractivity (Wildman–Crippen MR) is 112 cm³/mol. The third-order valence-electron chi connectivity index (χ3n) is 5.37. The fourth-order valence-corrected chi connectivity index (χ4v) is 4.42. The first kappa shape index (κ1) is 19.9. The van der Waals surface area contributed by atoms with Crippen molar-refractivity contribution in [1.29, 1.82) is 0 Å². The van der Waals surface area contributed by atoms with Crippen molar-refractivity contribution in [2.45, 2.75) is 46.1 Å². The van der Waals surface area contributed by atoms with Crippen LogP contribution in [0.15, 0.2) is 29.0 Å². The van der Waals surface area contributed by atoms with Gasteiger partial charge in [0, 0.05) is 6.54 Å². The Bertz CT molecular complexity index is 752. The van der Waals surface area contributed by atoms with Crippen LogP contribution in [0.4, 0.5) is 0 Å². The first-order chi connectivity index (χ1) is 13.0. The van der Waals surface area contributed by atoms with Gasteiger partial charge in [-0.25, -0.2) is 0 Å². The van der Waals surface area contributed by atoms with Crippen LogP contribution in [0.3, 0.4) is 0 Å². The number of ether oxygens (including phenoxy) is 1. The highest BCUT2D eigenvalue weighted by molar-refractivity contribution is 7.07. The summed E-state index contributed by atoms with van der Waals surface area (Å²) in [6.07, 6.45) is 3.79. The van der Waals surface area contributed by atoms with Gasteiger partial charge in [0.15, 0.2) is 6.61 Å². The summed E-state index contributed by atoms with van der Waals surface area (Å²) in [4.78, 5) is 14.9. The molecule has 0 aliphatic carbocycles. The average Bonchev–Trinajstić information content (AvgIpc) is 3.19. The third kappa shape index (κ3) is 5.33. The molecule has 146 valence electrons. The number of carbonyl (C=O) groups is 1. The Morgan fingerprint density at radius 2 is 2.00 bits per heavy atom. The molecule has 0 bridgehead atoms.